The van der Waals surface area contributed by atoms with E-state index < -0.39 is 0 Å². The largest absolute Gasteiger partial charge is 0.383 e. The van der Waals surface area contributed by atoms with Crippen molar-refractivity contribution in [3.05, 3.63) is 63.4 Å². The van der Waals surface area contributed by atoms with Crippen molar-refractivity contribution in [1.29, 1.82) is 0 Å². The molecule has 0 N–H and O–H groups in total. The lowest BCUT2D eigenvalue weighted by Crippen LogP contribution is -2.19. The summed E-state index contributed by atoms with van der Waals surface area (Å²) in [6.45, 7) is 1.22. The van der Waals surface area contributed by atoms with E-state index in [-0.39, 0.29) is 5.91 Å². The van der Waals surface area contributed by atoms with Crippen LogP contribution in [0.5, 0.6) is 0 Å². The van der Waals surface area contributed by atoms with Gasteiger partial charge >= 0.3 is 0 Å². The van der Waals surface area contributed by atoms with Crippen molar-refractivity contribution in [2.75, 3.05) is 13.7 Å². The molecule has 1 aromatic heterocycles. The molecule has 118 valence electrons. The number of aromatic nitrogens is 1. The van der Waals surface area contributed by atoms with Crippen LogP contribution in [0, 0.1) is 0 Å². The molecule has 4 nitrogen and oxygen atoms in total. The zero-order chi connectivity index (χ0) is 16.2. The maximum Gasteiger partial charge on any atom is 0.280 e. The molecule has 0 saturated heterocycles. The van der Waals surface area contributed by atoms with Crippen LogP contribution in [-0.4, -0.2) is 24.2 Å². The summed E-state index contributed by atoms with van der Waals surface area (Å²) in [6, 6.07) is 15.3. The minimum absolute atomic E-state index is 0.254. The summed E-state index contributed by atoms with van der Waals surface area (Å²) < 4.78 is 9.05. The Balaban J connectivity index is 2.11. The van der Waals surface area contributed by atoms with Gasteiger partial charge in [0.2, 0.25) is 0 Å². The van der Waals surface area contributed by atoms with Crippen molar-refractivity contribution in [3.8, 4) is 0 Å². The zero-order valence-corrected chi connectivity index (χ0v) is 14.9. The van der Waals surface area contributed by atoms with Gasteiger partial charge in [-0.15, -0.1) is 0 Å². The van der Waals surface area contributed by atoms with Crippen molar-refractivity contribution in [3.63, 3.8) is 0 Å². The van der Waals surface area contributed by atoms with Crippen molar-refractivity contribution >= 4 is 43.4 Å². The van der Waals surface area contributed by atoms with Crippen LogP contribution in [0.25, 0.3) is 10.2 Å². The van der Waals surface area contributed by atoms with Gasteiger partial charge in [-0.3, -0.25) is 4.79 Å². The van der Waals surface area contributed by atoms with Gasteiger partial charge in [0.15, 0.2) is 4.80 Å². The van der Waals surface area contributed by atoms with Crippen molar-refractivity contribution in [2.45, 2.75) is 6.54 Å². The molecule has 6 heteroatoms. The first-order valence-corrected chi connectivity index (χ1v) is 8.72. The second-order valence-electron chi connectivity index (χ2n) is 4.89. The summed E-state index contributed by atoms with van der Waals surface area (Å²) in [5.41, 5.74) is 1.62. The Kier molecular flexibility index (Phi) is 5.05. The van der Waals surface area contributed by atoms with Crippen LogP contribution in [0.2, 0.25) is 0 Å². The molecule has 23 heavy (non-hydrogen) atoms. The second kappa shape index (κ2) is 7.21. The highest BCUT2D eigenvalue weighted by atomic mass is 79.9. The first kappa shape index (κ1) is 16.1. The van der Waals surface area contributed by atoms with Crippen molar-refractivity contribution in [1.82, 2.24) is 4.57 Å². The first-order chi connectivity index (χ1) is 11.2. The predicted octanol–water partition coefficient (Wildman–Crippen LogP) is 3.85. The quantitative estimate of drug-likeness (QED) is 0.678. The number of carbonyl (C=O) groups excluding carboxylic acids is 1. The number of rotatable bonds is 4. The minimum atomic E-state index is -0.254. The molecule has 3 rings (SSSR count). The third kappa shape index (κ3) is 3.44. The highest BCUT2D eigenvalue weighted by Crippen LogP contribution is 2.19. The normalized spacial score (nSPS) is 12.0. The number of fused-ring (bicyclic) bond motifs is 1. The van der Waals surface area contributed by atoms with Crippen LogP contribution in [-0.2, 0) is 11.3 Å². The number of carbonyl (C=O) groups is 1. The highest BCUT2D eigenvalue weighted by molar-refractivity contribution is 9.10. The average Bonchev–Trinajstić information content (AvgIpc) is 2.90. The van der Waals surface area contributed by atoms with E-state index in [1.54, 1.807) is 13.2 Å². The van der Waals surface area contributed by atoms with Gasteiger partial charge in [-0.25, -0.2) is 0 Å². The Morgan fingerprint density at radius 1 is 1.22 bits per heavy atom. The SMILES string of the molecule is COCCn1c(=NC(=O)c2ccccc2Br)sc2ccccc21. The van der Waals surface area contributed by atoms with E-state index in [4.69, 9.17) is 4.74 Å². The number of nitrogens with zero attached hydrogens (tertiary/aromatic N) is 2. The van der Waals surface area contributed by atoms with E-state index in [1.807, 2.05) is 47.0 Å². The maximum absolute atomic E-state index is 12.5. The van der Waals surface area contributed by atoms with Crippen molar-refractivity contribution in [2.24, 2.45) is 4.99 Å². The Bertz CT molecular complexity index is 914. The van der Waals surface area contributed by atoms with Gasteiger partial charge in [0.05, 0.1) is 22.4 Å². The molecule has 1 heterocycles. The molecular formula is C17H15BrN2O2S. The number of para-hydroxylation sites is 1. The van der Waals surface area contributed by atoms with Crippen molar-refractivity contribution < 1.29 is 9.53 Å². The fourth-order valence-corrected chi connectivity index (χ4v) is 3.80. The summed E-state index contributed by atoms with van der Waals surface area (Å²) in [5, 5.41) is 0. The number of ether oxygens (including phenoxy) is 1. The third-order valence-electron chi connectivity index (χ3n) is 3.41. The molecule has 1 amide bonds. The molecule has 3 aromatic rings. The molecule has 2 aromatic carbocycles. The molecule has 0 spiro atoms. The number of hydrogen-bond donors (Lipinski definition) is 0. The van der Waals surface area contributed by atoms with Crippen LogP contribution in [0.15, 0.2) is 58.0 Å². The van der Waals surface area contributed by atoms with Gasteiger partial charge < -0.3 is 9.30 Å². The third-order valence-corrected chi connectivity index (χ3v) is 5.16. The fourth-order valence-electron chi connectivity index (χ4n) is 2.29. The van der Waals surface area contributed by atoms with E-state index in [9.17, 15) is 4.79 Å². The minimum Gasteiger partial charge on any atom is -0.383 e. The van der Waals surface area contributed by atoms with Gasteiger partial charge in [0.25, 0.3) is 5.91 Å². The highest BCUT2D eigenvalue weighted by Gasteiger charge is 2.11. The molecule has 0 atom stereocenters. The van der Waals surface area contributed by atoms with Gasteiger partial charge in [-0.1, -0.05) is 35.6 Å². The van der Waals surface area contributed by atoms with E-state index in [0.717, 1.165) is 14.7 Å². The van der Waals surface area contributed by atoms with Gasteiger partial charge in [0.1, 0.15) is 0 Å². The summed E-state index contributed by atoms with van der Waals surface area (Å²) in [7, 11) is 1.66. The lowest BCUT2D eigenvalue weighted by atomic mass is 10.2. The number of benzene rings is 2. The molecule has 0 aliphatic rings. The first-order valence-electron chi connectivity index (χ1n) is 7.11. The lowest BCUT2D eigenvalue weighted by Gasteiger charge is -2.04. The van der Waals surface area contributed by atoms with Gasteiger partial charge in [-0.05, 0) is 40.2 Å². The second-order valence-corrected chi connectivity index (χ2v) is 6.76. The van der Waals surface area contributed by atoms with E-state index in [1.165, 1.54) is 11.3 Å². The lowest BCUT2D eigenvalue weighted by molar-refractivity contribution is 0.0996. The maximum atomic E-state index is 12.5. The summed E-state index contributed by atoms with van der Waals surface area (Å²) in [6.07, 6.45) is 0. The van der Waals surface area contributed by atoms with Gasteiger partial charge in [0, 0.05) is 18.1 Å². The van der Waals surface area contributed by atoms with E-state index in [0.29, 0.717) is 23.5 Å². The standard InChI is InChI=1S/C17H15BrN2O2S/c1-22-11-10-20-14-8-4-5-9-15(14)23-17(20)19-16(21)12-6-2-3-7-13(12)18/h2-9H,10-11H2,1H3. The topological polar surface area (TPSA) is 43.6 Å². The van der Waals surface area contributed by atoms with Crippen LogP contribution < -0.4 is 4.80 Å². The number of halogens is 1. The summed E-state index contributed by atoms with van der Waals surface area (Å²) in [4.78, 5) is 17.5. The molecule has 0 saturated carbocycles. The van der Waals surface area contributed by atoms with Crippen LogP contribution in [0.3, 0.4) is 0 Å². The molecule has 0 aliphatic heterocycles. The molecule has 0 bridgehead atoms. The van der Waals surface area contributed by atoms with E-state index >= 15 is 0 Å². The Morgan fingerprint density at radius 3 is 2.74 bits per heavy atom. The monoisotopic (exact) mass is 390 g/mol. The predicted molar refractivity (Wildman–Crippen MR) is 95.7 cm³/mol. The molecule has 0 radical (unpaired) electrons. The van der Waals surface area contributed by atoms with E-state index in [2.05, 4.69) is 20.9 Å². The summed E-state index contributed by atoms with van der Waals surface area (Å²) in [5.74, 6) is -0.254. The summed E-state index contributed by atoms with van der Waals surface area (Å²) >= 11 is 4.91. The van der Waals surface area contributed by atoms with Gasteiger partial charge in [-0.2, -0.15) is 4.99 Å². The Labute approximate surface area is 146 Å². The number of amides is 1. The Morgan fingerprint density at radius 2 is 1.96 bits per heavy atom. The zero-order valence-electron chi connectivity index (χ0n) is 12.5. The fraction of sp³-hybridized carbons (Fsp3) is 0.176. The Hall–Kier alpha value is -1.76. The van der Waals surface area contributed by atoms with Crippen LogP contribution in [0.4, 0.5) is 0 Å². The number of hydrogen-bond acceptors (Lipinski definition) is 3. The number of thiazole rings is 1. The number of methoxy groups -OCH3 is 1. The average molecular weight is 391 g/mol. The molecule has 0 unspecified atom stereocenters. The smallest absolute Gasteiger partial charge is 0.280 e. The molecule has 0 fully saturated rings. The van der Waals surface area contributed by atoms with Crippen LogP contribution in [0.1, 0.15) is 10.4 Å². The molecule has 0 aliphatic carbocycles. The molecular weight excluding hydrogens is 376 g/mol. The van der Waals surface area contributed by atoms with Crippen LogP contribution >= 0.6 is 27.3 Å².